The summed E-state index contributed by atoms with van der Waals surface area (Å²) in [7, 11) is 0. The highest BCUT2D eigenvalue weighted by atomic mass is 35.5. The summed E-state index contributed by atoms with van der Waals surface area (Å²) in [6.07, 6.45) is 2.47. The van der Waals surface area contributed by atoms with Crippen LogP contribution in [0.3, 0.4) is 0 Å². The predicted molar refractivity (Wildman–Crippen MR) is 87.7 cm³/mol. The van der Waals surface area contributed by atoms with E-state index in [0.717, 1.165) is 36.2 Å². The van der Waals surface area contributed by atoms with Gasteiger partial charge in [-0.3, -0.25) is 4.79 Å². The molecule has 1 aliphatic heterocycles. The molecule has 0 spiro atoms. The van der Waals surface area contributed by atoms with Crippen LogP contribution in [0.2, 0.25) is 10.0 Å². The summed E-state index contributed by atoms with van der Waals surface area (Å²) in [6, 6.07) is 11.2. The Morgan fingerprint density at radius 1 is 1.10 bits per heavy atom. The van der Waals surface area contributed by atoms with E-state index in [1.165, 1.54) is 5.56 Å². The highest BCUT2D eigenvalue weighted by Gasteiger charge is 2.13. The largest absolute Gasteiger partial charge is 0.385 e. The second kappa shape index (κ2) is 6.08. The Labute approximate surface area is 134 Å². The molecule has 3 rings (SSSR count). The second-order valence-corrected chi connectivity index (χ2v) is 6.07. The fourth-order valence-corrected chi connectivity index (χ4v) is 2.91. The van der Waals surface area contributed by atoms with Gasteiger partial charge < -0.3 is 5.32 Å². The van der Waals surface area contributed by atoms with Crippen LogP contribution in [-0.2, 0) is 12.8 Å². The smallest absolute Gasteiger partial charge is 0.167 e. The number of hydrogen-bond donors (Lipinski definition) is 1. The molecular weight excluding hydrogens is 305 g/mol. The van der Waals surface area contributed by atoms with Crippen molar-refractivity contribution in [1.82, 2.24) is 0 Å². The van der Waals surface area contributed by atoms with E-state index in [4.69, 9.17) is 23.2 Å². The predicted octanol–water partition coefficient (Wildman–Crippen LogP) is 4.78. The number of ketones is 1. The minimum absolute atomic E-state index is 0.0989. The number of carbonyl (C=O) groups excluding carboxylic acids is 1. The van der Waals surface area contributed by atoms with E-state index >= 15 is 0 Å². The summed E-state index contributed by atoms with van der Waals surface area (Å²) in [4.78, 5) is 12.4. The van der Waals surface area contributed by atoms with Crippen LogP contribution in [-0.4, -0.2) is 12.3 Å². The molecule has 0 saturated carbocycles. The van der Waals surface area contributed by atoms with Crippen molar-refractivity contribution >= 4 is 34.7 Å². The molecule has 1 aliphatic rings. The SMILES string of the molecule is O=C(Cc1ccc(Cl)c(Cl)c1)c1ccc2c(c1)CCCN2. The van der Waals surface area contributed by atoms with Gasteiger partial charge in [0.15, 0.2) is 5.78 Å². The minimum Gasteiger partial charge on any atom is -0.385 e. The van der Waals surface area contributed by atoms with Crippen molar-refractivity contribution in [3.63, 3.8) is 0 Å². The first-order chi connectivity index (χ1) is 10.1. The Morgan fingerprint density at radius 3 is 2.76 bits per heavy atom. The van der Waals surface area contributed by atoms with E-state index in [1.54, 1.807) is 12.1 Å². The first-order valence-corrected chi connectivity index (χ1v) is 7.73. The third kappa shape index (κ3) is 3.22. The minimum atomic E-state index is 0.0989. The summed E-state index contributed by atoms with van der Waals surface area (Å²) in [5.41, 5.74) is 4.00. The second-order valence-electron chi connectivity index (χ2n) is 5.25. The lowest BCUT2D eigenvalue weighted by atomic mass is 9.97. The molecule has 0 radical (unpaired) electrons. The van der Waals surface area contributed by atoms with Crippen LogP contribution in [0.4, 0.5) is 5.69 Å². The molecule has 0 amide bonds. The van der Waals surface area contributed by atoms with Crippen LogP contribution in [0.15, 0.2) is 36.4 Å². The maximum absolute atomic E-state index is 12.4. The normalized spacial score (nSPS) is 13.4. The molecule has 21 heavy (non-hydrogen) atoms. The van der Waals surface area contributed by atoms with Gasteiger partial charge >= 0.3 is 0 Å². The summed E-state index contributed by atoms with van der Waals surface area (Å²) in [5, 5.41) is 4.34. The lowest BCUT2D eigenvalue weighted by Gasteiger charge is -2.18. The lowest BCUT2D eigenvalue weighted by molar-refractivity contribution is 0.0993. The zero-order valence-corrected chi connectivity index (χ0v) is 13.0. The number of benzene rings is 2. The van der Waals surface area contributed by atoms with Crippen molar-refractivity contribution in [1.29, 1.82) is 0 Å². The summed E-state index contributed by atoms with van der Waals surface area (Å²) in [5.74, 6) is 0.0989. The summed E-state index contributed by atoms with van der Waals surface area (Å²) in [6.45, 7) is 1.00. The van der Waals surface area contributed by atoms with Crippen LogP contribution in [0.1, 0.15) is 27.9 Å². The van der Waals surface area contributed by atoms with E-state index < -0.39 is 0 Å². The Bertz CT molecular complexity index is 697. The van der Waals surface area contributed by atoms with Gasteiger partial charge in [0, 0.05) is 24.2 Å². The molecule has 0 aliphatic carbocycles. The standard InChI is InChI=1S/C17H15Cl2NO/c18-14-5-3-11(8-15(14)19)9-17(21)13-4-6-16-12(10-13)2-1-7-20-16/h3-6,8,10,20H,1-2,7,9H2. The van der Waals surface area contributed by atoms with Crippen molar-refractivity contribution in [2.75, 3.05) is 11.9 Å². The highest BCUT2D eigenvalue weighted by Crippen LogP contribution is 2.25. The lowest BCUT2D eigenvalue weighted by Crippen LogP contribution is -2.13. The molecule has 2 aromatic rings. The maximum Gasteiger partial charge on any atom is 0.167 e. The van der Waals surface area contributed by atoms with E-state index in [-0.39, 0.29) is 5.78 Å². The monoisotopic (exact) mass is 319 g/mol. The first kappa shape index (κ1) is 14.4. The van der Waals surface area contributed by atoms with Crippen LogP contribution in [0.5, 0.6) is 0 Å². The van der Waals surface area contributed by atoms with Gasteiger partial charge in [-0.05, 0) is 54.3 Å². The van der Waals surface area contributed by atoms with E-state index in [0.29, 0.717) is 16.5 Å². The average Bonchev–Trinajstić information content (AvgIpc) is 2.50. The van der Waals surface area contributed by atoms with E-state index in [1.807, 2.05) is 24.3 Å². The number of nitrogens with one attached hydrogen (secondary N) is 1. The Kier molecular flexibility index (Phi) is 4.18. The molecule has 2 nitrogen and oxygen atoms in total. The zero-order valence-electron chi connectivity index (χ0n) is 11.5. The van der Waals surface area contributed by atoms with Crippen LogP contribution in [0, 0.1) is 0 Å². The molecule has 0 fully saturated rings. The van der Waals surface area contributed by atoms with Gasteiger partial charge in [-0.1, -0.05) is 29.3 Å². The molecule has 1 N–H and O–H groups in total. The van der Waals surface area contributed by atoms with Gasteiger partial charge in [0.2, 0.25) is 0 Å². The number of hydrogen-bond acceptors (Lipinski definition) is 2. The van der Waals surface area contributed by atoms with E-state index in [9.17, 15) is 4.79 Å². The van der Waals surface area contributed by atoms with Gasteiger partial charge in [-0.15, -0.1) is 0 Å². The molecule has 0 bridgehead atoms. The van der Waals surface area contributed by atoms with Gasteiger partial charge in [-0.25, -0.2) is 0 Å². The Balaban J connectivity index is 1.80. The molecule has 0 saturated heterocycles. The molecule has 108 valence electrons. The van der Waals surface area contributed by atoms with Crippen molar-refractivity contribution in [2.24, 2.45) is 0 Å². The third-order valence-corrected chi connectivity index (χ3v) is 4.45. The topological polar surface area (TPSA) is 29.1 Å². The Hall–Kier alpha value is -1.51. The fourth-order valence-electron chi connectivity index (χ4n) is 2.59. The van der Waals surface area contributed by atoms with E-state index in [2.05, 4.69) is 5.32 Å². The third-order valence-electron chi connectivity index (χ3n) is 3.71. The molecule has 0 atom stereocenters. The number of anilines is 1. The number of carbonyl (C=O) groups is 1. The number of Topliss-reactive ketones (excluding diaryl/α,β-unsaturated/α-hetero) is 1. The molecule has 0 aromatic heterocycles. The average molecular weight is 320 g/mol. The van der Waals surface area contributed by atoms with Crippen LogP contribution in [0.25, 0.3) is 0 Å². The molecular formula is C17H15Cl2NO. The molecule has 2 aromatic carbocycles. The number of rotatable bonds is 3. The number of halogens is 2. The quantitative estimate of drug-likeness (QED) is 0.825. The van der Waals surface area contributed by atoms with Crippen molar-refractivity contribution < 1.29 is 4.79 Å². The van der Waals surface area contributed by atoms with Gasteiger partial charge in [0.1, 0.15) is 0 Å². The van der Waals surface area contributed by atoms with Gasteiger partial charge in [0.05, 0.1) is 10.0 Å². The molecule has 1 heterocycles. The number of fused-ring (bicyclic) bond motifs is 1. The zero-order chi connectivity index (χ0) is 14.8. The first-order valence-electron chi connectivity index (χ1n) is 6.97. The fraction of sp³-hybridized carbons (Fsp3) is 0.235. The Morgan fingerprint density at radius 2 is 1.95 bits per heavy atom. The maximum atomic E-state index is 12.4. The van der Waals surface area contributed by atoms with Crippen molar-refractivity contribution in [2.45, 2.75) is 19.3 Å². The van der Waals surface area contributed by atoms with Crippen LogP contribution < -0.4 is 5.32 Å². The van der Waals surface area contributed by atoms with Gasteiger partial charge in [0.25, 0.3) is 0 Å². The molecule has 0 unspecified atom stereocenters. The van der Waals surface area contributed by atoms with Crippen LogP contribution >= 0.6 is 23.2 Å². The number of aryl methyl sites for hydroxylation is 1. The highest BCUT2D eigenvalue weighted by molar-refractivity contribution is 6.42. The van der Waals surface area contributed by atoms with Crippen molar-refractivity contribution in [3.8, 4) is 0 Å². The summed E-state index contributed by atoms with van der Waals surface area (Å²) < 4.78 is 0. The van der Waals surface area contributed by atoms with Gasteiger partial charge in [-0.2, -0.15) is 0 Å². The summed E-state index contributed by atoms with van der Waals surface area (Å²) >= 11 is 11.9. The van der Waals surface area contributed by atoms with Crippen molar-refractivity contribution in [3.05, 3.63) is 63.1 Å². The molecule has 4 heteroatoms.